The van der Waals surface area contributed by atoms with E-state index in [1.54, 1.807) is 0 Å². The second kappa shape index (κ2) is 8.06. The largest absolute Gasteiger partial charge is 0.302 e. The number of carbonyl (C=O) groups excluding carboxylic acids is 1. The first-order valence-electron chi connectivity index (χ1n) is 9.25. The summed E-state index contributed by atoms with van der Waals surface area (Å²) in [6.07, 6.45) is 0.345. The molecule has 0 aliphatic rings. The van der Waals surface area contributed by atoms with Gasteiger partial charge >= 0.3 is 0 Å². The fourth-order valence-electron chi connectivity index (χ4n) is 3.11. The lowest BCUT2D eigenvalue weighted by molar-refractivity contribution is -0.115. The molecule has 3 nitrogen and oxygen atoms in total. The van der Waals surface area contributed by atoms with Crippen molar-refractivity contribution in [2.45, 2.75) is 46.5 Å². The summed E-state index contributed by atoms with van der Waals surface area (Å²) < 4.78 is 0. The SMILES string of the molecule is Cc1cc(C(C)(C)C)cc(C)c1CC(=O)Nc1nc(-c2ccc(Cl)cc2)cs1. The molecule has 1 aromatic heterocycles. The minimum absolute atomic E-state index is 0.0493. The Morgan fingerprint density at radius 1 is 1.11 bits per heavy atom. The van der Waals surface area contributed by atoms with Crippen molar-refractivity contribution in [3.8, 4) is 11.3 Å². The Morgan fingerprint density at radius 3 is 2.29 bits per heavy atom. The second-order valence-corrected chi connectivity index (χ2v) is 9.40. The van der Waals surface area contributed by atoms with Crippen molar-refractivity contribution in [2.24, 2.45) is 0 Å². The van der Waals surface area contributed by atoms with Crippen LogP contribution in [0.4, 0.5) is 5.13 Å². The van der Waals surface area contributed by atoms with E-state index < -0.39 is 0 Å². The van der Waals surface area contributed by atoms with Crippen molar-refractivity contribution in [2.75, 3.05) is 5.32 Å². The van der Waals surface area contributed by atoms with E-state index >= 15 is 0 Å². The molecule has 0 radical (unpaired) electrons. The lowest BCUT2D eigenvalue weighted by Crippen LogP contribution is -2.17. The van der Waals surface area contributed by atoms with Crippen LogP contribution in [-0.4, -0.2) is 10.9 Å². The maximum absolute atomic E-state index is 12.6. The number of nitrogens with one attached hydrogen (secondary N) is 1. The van der Waals surface area contributed by atoms with Gasteiger partial charge in [-0.1, -0.05) is 56.6 Å². The first-order chi connectivity index (χ1) is 13.1. The first kappa shape index (κ1) is 20.6. The van der Waals surface area contributed by atoms with Crippen molar-refractivity contribution in [1.29, 1.82) is 0 Å². The van der Waals surface area contributed by atoms with Crippen LogP contribution in [0.2, 0.25) is 5.02 Å². The van der Waals surface area contributed by atoms with Crippen LogP contribution in [-0.2, 0) is 16.6 Å². The topological polar surface area (TPSA) is 42.0 Å². The maximum atomic E-state index is 12.6. The second-order valence-electron chi connectivity index (χ2n) is 8.11. The van der Waals surface area contributed by atoms with Crippen molar-refractivity contribution in [3.63, 3.8) is 0 Å². The van der Waals surface area contributed by atoms with E-state index in [0.717, 1.165) is 27.9 Å². The summed E-state index contributed by atoms with van der Waals surface area (Å²) in [6, 6.07) is 11.9. The summed E-state index contributed by atoms with van der Waals surface area (Å²) in [5, 5.41) is 6.17. The van der Waals surface area contributed by atoms with Crippen LogP contribution < -0.4 is 5.32 Å². The van der Waals surface area contributed by atoms with Crippen LogP contribution in [0.15, 0.2) is 41.8 Å². The summed E-state index contributed by atoms with van der Waals surface area (Å²) in [5.74, 6) is -0.0493. The normalized spacial score (nSPS) is 11.5. The summed E-state index contributed by atoms with van der Waals surface area (Å²) in [5.41, 5.74) is 6.58. The molecular weight excluding hydrogens is 388 g/mol. The molecule has 0 aliphatic carbocycles. The monoisotopic (exact) mass is 412 g/mol. The highest BCUT2D eigenvalue weighted by Gasteiger charge is 2.18. The summed E-state index contributed by atoms with van der Waals surface area (Å²) in [7, 11) is 0. The van der Waals surface area contributed by atoms with E-state index in [9.17, 15) is 4.79 Å². The predicted molar refractivity (Wildman–Crippen MR) is 120 cm³/mol. The summed E-state index contributed by atoms with van der Waals surface area (Å²) >= 11 is 7.36. The van der Waals surface area contributed by atoms with Gasteiger partial charge in [-0.05, 0) is 53.6 Å². The number of amides is 1. The molecule has 1 amide bonds. The number of aromatic nitrogens is 1. The Labute approximate surface area is 175 Å². The van der Waals surface area contributed by atoms with Gasteiger partial charge in [0, 0.05) is 16.0 Å². The number of rotatable bonds is 4. The molecule has 5 heteroatoms. The van der Waals surface area contributed by atoms with Gasteiger partial charge in [-0.15, -0.1) is 11.3 Å². The zero-order valence-electron chi connectivity index (χ0n) is 16.9. The maximum Gasteiger partial charge on any atom is 0.230 e. The van der Waals surface area contributed by atoms with E-state index in [4.69, 9.17) is 11.6 Å². The molecular formula is C23H25ClN2OS. The van der Waals surface area contributed by atoms with Crippen molar-refractivity contribution in [3.05, 3.63) is 69.1 Å². The van der Waals surface area contributed by atoms with Crippen LogP contribution in [0.1, 0.15) is 43.0 Å². The first-order valence-corrected chi connectivity index (χ1v) is 10.5. The quantitative estimate of drug-likeness (QED) is 0.527. The zero-order chi connectivity index (χ0) is 20.5. The number of hydrogen-bond donors (Lipinski definition) is 1. The Bertz CT molecular complexity index is 977. The van der Waals surface area contributed by atoms with Gasteiger partial charge in [0.15, 0.2) is 5.13 Å². The smallest absolute Gasteiger partial charge is 0.230 e. The molecule has 1 heterocycles. The summed E-state index contributed by atoms with van der Waals surface area (Å²) in [4.78, 5) is 17.1. The lowest BCUT2D eigenvalue weighted by Gasteiger charge is -2.22. The number of aryl methyl sites for hydroxylation is 2. The molecule has 0 fully saturated rings. The molecule has 0 aliphatic heterocycles. The van der Waals surface area contributed by atoms with Crippen LogP contribution in [0.25, 0.3) is 11.3 Å². The number of benzene rings is 2. The third kappa shape index (κ3) is 4.81. The predicted octanol–water partition coefficient (Wildman–Crippen LogP) is 6.56. The van der Waals surface area contributed by atoms with E-state index in [1.807, 2.05) is 29.6 Å². The highest BCUT2D eigenvalue weighted by atomic mass is 35.5. The number of carbonyl (C=O) groups is 1. The van der Waals surface area contributed by atoms with Gasteiger partial charge in [0.25, 0.3) is 0 Å². The standard InChI is InChI=1S/C23H25ClN2OS/c1-14-10-17(23(3,4)5)11-15(2)19(14)12-21(27)26-22-25-20(13-28-22)16-6-8-18(24)9-7-16/h6-11,13H,12H2,1-5H3,(H,25,26,27). The molecule has 0 spiro atoms. The average molecular weight is 413 g/mol. The van der Waals surface area contributed by atoms with E-state index in [2.05, 4.69) is 57.1 Å². The van der Waals surface area contributed by atoms with Crippen molar-refractivity contribution < 1.29 is 4.79 Å². The van der Waals surface area contributed by atoms with Crippen LogP contribution in [0.3, 0.4) is 0 Å². The van der Waals surface area contributed by atoms with Crippen LogP contribution in [0.5, 0.6) is 0 Å². The van der Waals surface area contributed by atoms with Gasteiger partial charge in [-0.25, -0.2) is 4.98 Å². The molecule has 28 heavy (non-hydrogen) atoms. The molecule has 3 aromatic rings. The number of hydrogen-bond acceptors (Lipinski definition) is 3. The Hall–Kier alpha value is -2.17. The number of halogens is 1. The van der Waals surface area contributed by atoms with Gasteiger partial charge < -0.3 is 5.32 Å². The highest BCUT2D eigenvalue weighted by molar-refractivity contribution is 7.14. The van der Waals surface area contributed by atoms with Gasteiger partial charge in [0.2, 0.25) is 5.91 Å². The fraction of sp³-hybridized carbons (Fsp3) is 0.304. The van der Waals surface area contributed by atoms with Gasteiger partial charge in [0.1, 0.15) is 0 Å². The number of thiazole rings is 1. The van der Waals surface area contributed by atoms with Crippen LogP contribution >= 0.6 is 22.9 Å². The molecule has 146 valence electrons. The molecule has 0 saturated heterocycles. The third-order valence-electron chi connectivity index (χ3n) is 4.79. The van der Waals surface area contributed by atoms with Gasteiger partial charge in [-0.2, -0.15) is 0 Å². The van der Waals surface area contributed by atoms with Crippen molar-refractivity contribution >= 4 is 34.0 Å². The molecule has 0 atom stereocenters. The van der Waals surface area contributed by atoms with Crippen molar-refractivity contribution in [1.82, 2.24) is 4.98 Å². The Kier molecular flexibility index (Phi) is 5.92. The van der Waals surface area contributed by atoms with Gasteiger partial charge in [0.05, 0.1) is 12.1 Å². The van der Waals surface area contributed by atoms with E-state index in [-0.39, 0.29) is 11.3 Å². The minimum atomic E-state index is -0.0493. The molecule has 0 saturated carbocycles. The van der Waals surface area contributed by atoms with E-state index in [1.165, 1.54) is 16.9 Å². The third-order valence-corrected chi connectivity index (χ3v) is 5.80. The lowest BCUT2D eigenvalue weighted by atomic mass is 9.83. The number of anilines is 1. The Balaban J connectivity index is 1.72. The number of nitrogens with zero attached hydrogens (tertiary/aromatic N) is 1. The Morgan fingerprint density at radius 2 is 1.71 bits per heavy atom. The highest BCUT2D eigenvalue weighted by Crippen LogP contribution is 2.28. The van der Waals surface area contributed by atoms with Gasteiger partial charge in [-0.3, -0.25) is 4.79 Å². The minimum Gasteiger partial charge on any atom is -0.302 e. The molecule has 2 aromatic carbocycles. The summed E-state index contributed by atoms with van der Waals surface area (Å²) in [6.45, 7) is 10.8. The molecule has 3 rings (SSSR count). The molecule has 0 unspecified atom stereocenters. The molecule has 1 N–H and O–H groups in total. The fourth-order valence-corrected chi connectivity index (χ4v) is 3.98. The zero-order valence-corrected chi connectivity index (χ0v) is 18.5. The molecule has 0 bridgehead atoms. The average Bonchev–Trinajstić information content (AvgIpc) is 3.06. The van der Waals surface area contributed by atoms with Crippen LogP contribution in [0, 0.1) is 13.8 Å². The van der Waals surface area contributed by atoms with E-state index in [0.29, 0.717) is 16.6 Å².